The van der Waals surface area contributed by atoms with Crippen molar-refractivity contribution in [3.8, 4) is 11.5 Å². The summed E-state index contributed by atoms with van der Waals surface area (Å²) >= 11 is 0. The number of aryl methyl sites for hydroxylation is 1. The van der Waals surface area contributed by atoms with Crippen molar-refractivity contribution in [2.24, 2.45) is 0 Å². The van der Waals surface area contributed by atoms with Crippen molar-refractivity contribution in [1.29, 1.82) is 0 Å². The van der Waals surface area contributed by atoms with Gasteiger partial charge in [-0.05, 0) is 67.4 Å². The summed E-state index contributed by atoms with van der Waals surface area (Å²) in [4.78, 5) is 17.2. The smallest absolute Gasteiger partial charge is 0.253 e. The normalized spacial score (nSPS) is 14.0. The van der Waals surface area contributed by atoms with Gasteiger partial charge in [0.15, 0.2) is 0 Å². The highest BCUT2D eigenvalue weighted by Gasteiger charge is 2.23. The molecule has 4 rings (SSSR count). The van der Waals surface area contributed by atoms with Gasteiger partial charge >= 0.3 is 0 Å². The summed E-state index contributed by atoms with van der Waals surface area (Å²) in [6.45, 7) is 7.48. The van der Waals surface area contributed by atoms with Gasteiger partial charge in [-0.1, -0.05) is 30.3 Å². The van der Waals surface area contributed by atoms with Crippen LogP contribution in [-0.2, 0) is 0 Å². The van der Waals surface area contributed by atoms with Crippen molar-refractivity contribution in [1.82, 2.24) is 4.90 Å². The summed E-state index contributed by atoms with van der Waals surface area (Å²) in [5.74, 6) is 1.60. The van der Waals surface area contributed by atoms with Crippen molar-refractivity contribution in [3.63, 3.8) is 0 Å². The zero-order valence-corrected chi connectivity index (χ0v) is 17.0. The summed E-state index contributed by atoms with van der Waals surface area (Å²) in [6.07, 6.45) is 0. The van der Waals surface area contributed by atoms with E-state index >= 15 is 0 Å². The van der Waals surface area contributed by atoms with E-state index in [1.165, 1.54) is 16.8 Å². The largest absolute Gasteiger partial charge is 0.457 e. The molecule has 0 spiro atoms. The number of carbonyl (C=O) groups is 1. The lowest BCUT2D eigenvalue weighted by atomic mass is 10.1. The Hall–Kier alpha value is -3.27. The van der Waals surface area contributed by atoms with Crippen LogP contribution in [0, 0.1) is 13.8 Å². The maximum absolute atomic E-state index is 12.9. The number of rotatable bonds is 4. The first-order valence-electron chi connectivity index (χ1n) is 10.1. The summed E-state index contributed by atoms with van der Waals surface area (Å²) < 4.78 is 5.81. The first kappa shape index (κ1) is 19.1. The second kappa shape index (κ2) is 8.39. The SMILES string of the molecule is Cc1cccc(N2CCN(C(=O)c3ccc(Oc4ccccc4)cc3)CC2)c1C. The molecule has 1 heterocycles. The molecule has 1 amide bonds. The van der Waals surface area contributed by atoms with Gasteiger partial charge in [0.05, 0.1) is 0 Å². The molecular formula is C25H26N2O2. The lowest BCUT2D eigenvalue weighted by Crippen LogP contribution is -2.49. The Morgan fingerprint density at radius 3 is 2.10 bits per heavy atom. The molecule has 148 valence electrons. The minimum Gasteiger partial charge on any atom is -0.457 e. The van der Waals surface area contributed by atoms with E-state index in [0.717, 1.165) is 37.7 Å². The fraction of sp³-hybridized carbons (Fsp3) is 0.240. The van der Waals surface area contributed by atoms with Crippen LogP contribution in [-0.4, -0.2) is 37.0 Å². The van der Waals surface area contributed by atoms with Crippen molar-refractivity contribution in [3.05, 3.63) is 89.5 Å². The monoisotopic (exact) mass is 386 g/mol. The number of hydrogen-bond donors (Lipinski definition) is 0. The Balaban J connectivity index is 1.37. The highest BCUT2D eigenvalue weighted by Crippen LogP contribution is 2.25. The maximum atomic E-state index is 12.9. The van der Waals surface area contributed by atoms with E-state index < -0.39 is 0 Å². The van der Waals surface area contributed by atoms with Crippen molar-refractivity contribution < 1.29 is 9.53 Å². The summed E-state index contributed by atoms with van der Waals surface area (Å²) in [5, 5.41) is 0. The highest BCUT2D eigenvalue weighted by atomic mass is 16.5. The molecule has 4 heteroatoms. The number of para-hydroxylation sites is 1. The zero-order valence-electron chi connectivity index (χ0n) is 17.0. The molecule has 1 aliphatic heterocycles. The predicted octanol–water partition coefficient (Wildman–Crippen LogP) is 5.06. The molecule has 0 atom stereocenters. The molecule has 3 aromatic carbocycles. The maximum Gasteiger partial charge on any atom is 0.253 e. The van der Waals surface area contributed by atoms with Crippen LogP contribution in [0.5, 0.6) is 11.5 Å². The van der Waals surface area contributed by atoms with E-state index in [-0.39, 0.29) is 5.91 Å². The Bertz CT molecular complexity index is 975. The first-order chi connectivity index (χ1) is 14.1. The van der Waals surface area contributed by atoms with E-state index in [1.54, 1.807) is 0 Å². The lowest BCUT2D eigenvalue weighted by Gasteiger charge is -2.37. The molecule has 0 bridgehead atoms. The third-order valence-corrected chi connectivity index (χ3v) is 5.56. The quantitative estimate of drug-likeness (QED) is 0.628. The van der Waals surface area contributed by atoms with Crippen LogP contribution in [0.3, 0.4) is 0 Å². The third-order valence-electron chi connectivity index (χ3n) is 5.56. The van der Waals surface area contributed by atoms with Gasteiger partial charge in [-0.25, -0.2) is 0 Å². The first-order valence-corrected chi connectivity index (χ1v) is 10.1. The minimum absolute atomic E-state index is 0.0804. The fourth-order valence-electron chi connectivity index (χ4n) is 3.70. The number of carbonyl (C=O) groups excluding carboxylic acids is 1. The van der Waals surface area contributed by atoms with Crippen molar-refractivity contribution in [2.45, 2.75) is 13.8 Å². The number of amides is 1. The van der Waals surface area contributed by atoms with E-state index in [2.05, 4.69) is 36.9 Å². The van der Waals surface area contributed by atoms with E-state index in [9.17, 15) is 4.79 Å². The van der Waals surface area contributed by atoms with Gasteiger partial charge in [-0.2, -0.15) is 0 Å². The number of hydrogen-bond acceptors (Lipinski definition) is 3. The van der Waals surface area contributed by atoms with Crippen LogP contribution in [0.1, 0.15) is 21.5 Å². The molecule has 0 N–H and O–H groups in total. The fourth-order valence-corrected chi connectivity index (χ4v) is 3.70. The Labute approximate surface area is 172 Å². The van der Waals surface area contributed by atoms with Gasteiger partial charge in [-0.3, -0.25) is 4.79 Å². The second-order valence-corrected chi connectivity index (χ2v) is 7.44. The summed E-state index contributed by atoms with van der Waals surface area (Å²) in [7, 11) is 0. The standard InChI is InChI=1S/C25H26N2O2/c1-19-7-6-10-24(20(19)2)26-15-17-27(18-16-26)25(28)21-11-13-23(14-12-21)29-22-8-4-3-5-9-22/h3-14H,15-18H2,1-2H3. The Morgan fingerprint density at radius 1 is 0.759 bits per heavy atom. The molecule has 1 fully saturated rings. The molecule has 0 aromatic heterocycles. The van der Waals surface area contributed by atoms with E-state index in [0.29, 0.717) is 5.56 Å². The van der Waals surface area contributed by atoms with Crippen LogP contribution < -0.4 is 9.64 Å². The van der Waals surface area contributed by atoms with Gasteiger partial charge in [0.25, 0.3) is 5.91 Å². The van der Waals surface area contributed by atoms with Crippen LogP contribution >= 0.6 is 0 Å². The topological polar surface area (TPSA) is 32.8 Å². The number of anilines is 1. The average Bonchev–Trinajstić information content (AvgIpc) is 2.77. The molecular weight excluding hydrogens is 360 g/mol. The van der Waals surface area contributed by atoms with Crippen LogP contribution in [0.2, 0.25) is 0 Å². The van der Waals surface area contributed by atoms with Crippen LogP contribution in [0.4, 0.5) is 5.69 Å². The predicted molar refractivity (Wildman–Crippen MR) is 117 cm³/mol. The molecule has 29 heavy (non-hydrogen) atoms. The van der Waals surface area contributed by atoms with Crippen molar-refractivity contribution in [2.75, 3.05) is 31.1 Å². The zero-order chi connectivity index (χ0) is 20.2. The second-order valence-electron chi connectivity index (χ2n) is 7.44. The summed E-state index contributed by atoms with van der Waals surface area (Å²) in [6, 6.07) is 23.5. The average molecular weight is 386 g/mol. The van der Waals surface area contributed by atoms with Gasteiger partial charge in [0, 0.05) is 37.4 Å². The Morgan fingerprint density at radius 2 is 1.41 bits per heavy atom. The molecule has 0 aliphatic carbocycles. The molecule has 4 nitrogen and oxygen atoms in total. The Kier molecular flexibility index (Phi) is 5.52. The van der Waals surface area contributed by atoms with Crippen molar-refractivity contribution >= 4 is 11.6 Å². The van der Waals surface area contributed by atoms with E-state index in [1.807, 2.05) is 59.5 Å². The highest BCUT2D eigenvalue weighted by molar-refractivity contribution is 5.94. The third kappa shape index (κ3) is 4.27. The van der Waals surface area contributed by atoms with E-state index in [4.69, 9.17) is 4.74 Å². The molecule has 0 unspecified atom stereocenters. The van der Waals surface area contributed by atoms with Gasteiger partial charge in [0.2, 0.25) is 0 Å². The molecule has 0 radical (unpaired) electrons. The molecule has 0 saturated carbocycles. The number of nitrogens with zero attached hydrogens (tertiary/aromatic N) is 2. The van der Waals surface area contributed by atoms with Crippen LogP contribution in [0.25, 0.3) is 0 Å². The number of piperazine rings is 1. The number of ether oxygens (including phenoxy) is 1. The van der Waals surface area contributed by atoms with Crippen LogP contribution in [0.15, 0.2) is 72.8 Å². The molecule has 3 aromatic rings. The summed E-state index contributed by atoms with van der Waals surface area (Å²) in [5.41, 5.74) is 4.60. The lowest BCUT2D eigenvalue weighted by molar-refractivity contribution is 0.0747. The van der Waals surface area contributed by atoms with Gasteiger partial charge in [0.1, 0.15) is 11.5 Å². The van der Waals surface area contributed by atoms with Gasteiger partial charge in [-0.15, -0.1) is 0 Å². The molecule has 1 saturated heterocycles. The number of benzene rings is 3. The molecule has 1 aliphatic rings. The minimum atomic E-state index is 0.0804. The van der Waals surface area contributed by atoms with Gasteiger partial charge < -0.3 is 14.5 Å².